The summed E-state index contributed by atoms with van der Waals surface area (Å²) in [6.07, 6.45) is 0. The molecule has 6 nitrogen and oxygen atoms in total. The molecule has 0 radical (unpaired) electrons. The minimum absolute atomic E-state index is 0.0443. The zero-order chi connectivity index (χ0) is 21.3. The quantitative estimate of drug-likeness (QED) is 0.500. The Balaban J connectivity index is 2.25. The molecule has 2 heterocycles. The molecular formula is C20H20BrFN2O4S. The van der Waals surface area contributed by atoms with Gasteiger partial charge in [-0.25, -0.2) is 9.18 Å². The minimum atomic E-state index is -0.671. The van der Waals surface area contributed by atoms with Gasteiger partial charge in [0.2, 0.25) is 0 Å². The third kappa shape index (κ3) is 4.20. The molecule has 3 aromatic rings. The van der Waals surface area contributed by atoms with Crippen LogP contribution in [0.15, 0.2) is 37.6 Å². The van der Waals surface area contributed by atoms with Crippen LogP contribution in [0.1, 0.15) is 37.8 Å². The first-order valence-corrected chi connectivity index (χ1v) is 10.8. The normalized spacial score (nSPS) is 11.4. The average Bonchev–Trinajstić information content (AvgIpc) is 3.09. The number of ether oxygens (including phenoxy) is 1. The van der Waals surface area contributed by atoms with E-state index >= 15 is 0 Å². The van der Waals surface area contributed by atoms with Crippen LogP contribution < -0.4 is 11.2 Å². The number of carbonyl (C=O) groups excluding carboxylic acids is 1. The van der Waals surface area contributed by atoms with E-state index in [4.69, 9.17) is 4.74 Å². The van der Waals surface area contributed by atoms with E-state index in [1.165, 1.54) is 28.0 Å². The minimum Gasteiger partial charge on any atom is -0.465 e. The lowest BCUT2D eigenvalue weighted by atomic mass is 10.0. The van der Waals surface area contributed by atoms with Gasteiger partial charge in [0.15, 0.2) is 0 Å². The van der Waals surface area contributed by atoms with Gasteiger partial charge in [0.05, 0.1) is 18.5 Å². The molecule has 0 amide bonds. The second-order valence-corrected chi connectivity index (χ2v) is 8.60. The Bertz CT molecular complexity index is 1200. The number of esters is 1. The predicted molar refractivity (Wildman–Crippen MR) is 114 cm³/mol. The Morgan fingerprint density at radius 3 is 2.62 bits per heavy atom. The number of aromatic nitrogens is 2. The SMILES string of the molecule is CCOC(=O)Cn1c(=O)n(Cc2ccc(Br)cc2F)c(=O)c2c(C(C)C)csc21. The fraction of sp³-hybridized carbons (Fsp3) is 0.350. The lowest BCUT2D eigenvalue weighted by molar-refractivity contribution is -0.143. The lowest BCUT2D eigenvalue weighted by Gasteiger charge is -2.13. The van der Waals surface area contributed by atoms with Crippen molar-refractivity contribution in [2.75, 3.05) is 6.61 Å². The van der Waals surface area contributed by atoms with E-state index in [1.54, 1.807) is 13.0 Å². The molecule has 3 rings (SSSR count). The van der Waals surface area contributed by atoms with E-state index in [0.29, 0.717) is 14.7 Å². The zero-order valence-electron chi connectivity index (χ0n) is 16.2. The van der Waals surface area contributed by atoms with Gasteiger partial charge in [-0.3, -0.25) is 18.7 Å². The van der Waals surface area contributed by atoms with Crippen molar-refractivity contribution in [1.82, 2.24) is 9.13 Å². The van der Waals surface area contributed by atoms with Crippen LogP contribution >= 0.6 is 27.3 Å². The number of halogens is 2. The second kappa shape index (κ2) is 8.62. The number of rotatable bonds is 6. The van der Waals surface area contributed by atoms with E-state index < -0.39 is 23.0 Å². The molecule has 9 heteroatoms. The zero-order valence-corrected chi connectivity index (χ0v) is 18.6. The van der Waals surface area contributed by atoms with Crippen LogP contribution in [-0.2, 0) is 22.6 Å². The van der Waals surface area contributed by atoms with Crippen LogP contribution in [0.5, 0.6) is 0 Å². The molecule has 2 aromatic heterocycles. The van der Waals surface area contributed by atoms with Crippen molar-refractivity contribution in [3.63, 3.8) is 0 Å². The highest BCUT2D eigenvalue weighted by Crippen LogP contribution is 2.28. The molecule has 0 fully saturated rings. The Hall–Kier alpha value is -2.26. The van der Waals surface area contributed by atoms with Gasteiger partial charge in [0, 0.05) is 10.0 Å². The fourth-order valence-electron chi connectivity index (χ4n) is 3.09. The summed E-state index contributed by atoms with van der Waals surface area (Å²) >= 11 is 4.43. The van der Waals surface area contributed by atoms with Crippen LogP contribution in [0.2, 0.25) is 0 Å². The highest BCUT2D eigenvalue weighted by Gasteiger charge is 2.21. The smallest absolute Gasteiger partial charge is 0.332 e. The van der Waals surface area contributed by atoms with Gasteiger partial charge in [0.25, 0.3) is 5.56 Å². The molecule has 0 N–H and O–H groups in total. The first kappa shape index (κ1) is 21.4. The van der Waals surface area contributed by atoms with Gasteiger partial charge in [-0.15, -0.1) is 11.3 Å². The van der Waals surface area contributed by atoms with Gasteiger partial charge >= 0.3 is 11.7 Å². The summed E-state index contributed by atoms with van der Waals surface area (Å²) in [5, 5.41) is 2.20. The Kier molecular flexibility index (Phi) is 6.38. The van der Waals surface area contributed by atoms with Gasteiger partial charge in [0.1, 0.15) is 17.2 Å². The maximum absolute atomic E-state index is 14.3. The van der Waals surface area contributed by atoms with Crippen molar-refractivity contribution in [3.8, 4) is 0 Å². The maximum Gasteiger partial charge on any atom is 0.332 e. The third-order valence-electron chi connectivity index (χ3n) is 4.52. The van der Waals surface area contributed by atoms with E-state index in [1.807, 2.05) is 19.2 Å². The molecule has 0 atom stereocenters. The third-order valence-corrected chi connectivity index (χ3v) is 6.04. The summed E-state index contributed by atoms with van der Waals surface area (Å²) in [4.78, 5) is 38.8. The van der Waals surface area contributed by atoms with Crippen molar-refractivity contribution in [2.45, 2.75) is 39.8 Å². The summed E-state index contributed by atoms with van der Waals surface area (Å²) in [5.41, 5.74) is -0.166. The topological polar surface area (TPSA) is 70.3 Å². The van der Waals surface area contributed by atoms with E-state index in [0.717, 1.165) is 10.1 Å². The van der Waals surface area contributed by atoms with Crippen molar-refractivity contribution < 1.29 is 13.9 Å². The lowest BCUT2D eigenvalue weighted by Crippen LogP contribution is -2.41. The van der Waals surface area contributed by atoms with Gasteiger partial charge in [-0.2, -0.15) is 0 Å². The largest absolute Gasteiger partial charge is 0.465 e. The molecular weight excluding hydrogens is 463 g/mol. The molecule has 0 spiro atoms. The van der Waals surface area contributed by atoms with E-state index in [9.17, 15) is 18.8 Å². The number of thiophene rings is 1. The molecule has 0 unspecified atom stereocenters. The molecule has 29 heavy (non-hydrogen) atoms. The second-order valence-electron chi connectivity index (χ2n) is 6.83. The molecule has 0 aliphatic heterocycles. The number of fused-ring (bicyclic) bond motifs is 1. The Morgan fingerprint density at radius 1 is 1.28 bits per heavy atom. The molecule has 0 aliphatic rings. The van der Waals surface area contributed by atoms with Gasteiger partial charge < -0.3 is 4.74 Å². The van der Waals surface area contributed by atoms with Gasteiger partial charge in [-0.05, 0) is 35.9 Å². The average molecular weight is 483 g/mol. The van der Waals surface area contributed by atoms with Gasteiger partial charge in [-0.1, -0.05) is 35.8 Å². The van der Waals surface area contributed by atoms with Crippen molar-refractivity contribution in [1.29, 1.82) is 0 Å². The number of hydrogen-bond donors (Lipinski definition) is 0. The van der Waals surface area contributed by atoms with E-state index in [2.05, 4.69) is 15.9 Å². The molecule has 0 saturated heterocycles. The number of carbonyl (C=O) groups is 1. The summed E-state index contributed by atoms with van der Waals surface area (Å²) in [6, 6.07) is 4.44. The van der Waals surface area contributed by atoms with Crippen molar-refractivity contribution >= 4 is 43.5 Å². The summed E-state index contributed by atoms with van der Waals surface area (Å²) in [7, 11) is 0. The van der Waals surface area contributed by atoms with Crippen molar-refractivity contribution in [2.24, 2.45) is 0 Å². The van der Waals surface area contributed by atoms with Crippen molar-refractivity contribution in [3.05, 3.63) is 65.8 Å². The fourth-order valence-corrected chi connectivity index (χ4v) is 4.64. The van der Waals surface area contributed by atoms with Crippen LogP contribution in [0.25, 0.3) is 10.2 Å². The Morgan fingerprint density at radius 2 is 2.00 bits per heavy atom. The molecule has 154 valence electrons. The summed E-state index contributed by atoms with van der Waals surface area (Å²) in [5.74, 6) is -1.06. The molecule has 0 aliphatic carbocycles. The molecule has 1 aromatic carbocycles. The number of benzene rings is 1. The summed E-state index contributed by atoms with van der Waals surface area (Å²) in [6.45, 7) is 5.20. The van der Waals surface area contributed by atoms with Crippen LogP contribution in [0.3, 0.4) is 0 Å². The molecule has 0 bridgehead atoms. The maximum atomic E-state index is 14.3. The first-order valence-electron chi connectivity index (χ1n) is 9.08. The first-order chi connectivity index (χ1) is 13.7. The number of nitrogens with zero attached hydrogens (tertiary/aromatic N) is 2. The highest BCUT2D eigenvalue weighted by atomic mass is 79.9. The van der Waals surface area contributed by atoms with Crippen LogP contribution in [0.4, 0.5) is 4.39 Å². The highest BCUT2D eigenvalue weighted by molar-refractivity contribution is 9.10. The number of hydrogen-bond acceptors (Lipinski definition) is 5. The predicted octanol–water partition coefficient (Wildman–Crippen LogP) is 3.86. The van der Waals surface area contributed by atoms with E-state index in [-0.39, 0.29) is 31.2 Å². The Labute approximate surface area is 178 Å². The summed E-state index contributed by atoms with van der Waals surface area (Å²) < 4.78 is 22.1. The monoisotopic (exact) mass is 482 g/mol. The standard InChI is InChI=1S/C20H20BrFN2O4S/c1-4-28-16(25)9-24-19-17(14(10-29-19)11(2)3)18(26)23(20(24)27)8-12-5-6-13(21)7-15(12)22/h5-7,10-11H,4,8-9H2,1-3H3. The van der Waals surface area contributed by atoms with Crippen LogP contribution in [-0.4, -0.2) is 21.7 Å². The molecule has 0 saturated carbocycles. The van der Waals surface area contributed by atoms with Crippen LogP contribution in [0, 0.1) is 5.82 Å².